The molecule has 4 rings (SSSR count). The molecule has 3 aromatic rings. The third-order valence-corrected chi connectivity index (χ3v) is 5.35. The largest absolute Gasteiger partial charge is 0.443 e. The number of ether oxygens (including phenoxy) is 1. The fourth-order valence-corrected chi connectivity index (χ4v) is 4.03. The Morgan fingerprint density at radius 3 is 2.45 bits per heavy atom. The fraction of sp³-hybridized carbons (Fsp3) is 0.250. The van der Waals surface area contributed by atoms with Gasteiger partial charge in [0.05, 0.1) is 10.4 Å². The van der Waals surface area contributed by atoms with Crippen LogP contribution in [0.15, 0.2) is 54.1 Å². The van der Waals surface area contributed by atoms with Crippen LogP contribution in [0, 0.1) is 10.1 Å². The van der Waals surface area contributed by atoms with Gasteiger partial charge in [-0.3, -0.25) is 14.9 Å². The predicted octanol–water partition coefficient (Wildman–Crippen LogP) is 5.25. The van der Waals surface area contributed by atoms with E-state index in [1.807, 2.05) is 45.0 Å². The highest BCUT2D eigenvalue weighted by atomic mass is 16.6. The summed E-state index contributed by atoms with van der Waals surface area (Å²) in [4.78, 5) is 35.5. The van der Waals surface area contributed by atoms with Crippen molar-refractivity contribution in [1.82, 2.24) is 4.57 Å². The van der Waals surface area contributed by atoms with Crippen LogP contribution in [-0.4, -0.2) is 27.5 Å². The Morgan fingerprint density at radius 1 is 1.16 bits per heavy atom. The van der Waals surface area contributed by atoms with Crippen LogP contribution in [0.3, 0.4) is 0 Å². The molecule has 1 aliphatic carbocycles. The summed E-state index contributed by atoms with van der Waals surface area (Å²) in [5.41, 5.74) is 2.95. The molecule has 2 aromatic carbocycles. The van der Waals surface area contributed by atoms with Crippen LogP contribution >= 0.6 is 0 Å². The van der Waals surface area contributed by atoms with E-state index in [-0.39, 0.29) is 11.6 Å². The Morgan fingerprint density at radius 2 is 1.84 bits per heavy atom. The van der Waals surface area contributed by atoms with Crippen molar-refractivity contribution in [3.8, 4) is 0 Å². The van der Waals surface area contributed by atoms with Crippen molar-refractivity contribution >= 4 is 35.0 Å². The van der Waals surface area contributed by atoms with E-state index in [0.717, 1.165) is 28.5 Å². The lowest BCUT2D eigenvalue weighted by Gasteiger charge is -2.25. The normalized spacial score (nSPS) is 15.8. The zero-order valence-electron chi connectivity index (χ0n) is 17.5. The standard InChI is InChI=1S/C24H22N2O5/c1-24(2,3)31-23(28)25-21-7-5-4-6-18(21)20-12-16(14-27)19(13-22(20)25)15-8-10-17(11-9-15)26(29)30/h4-12,14,19H,13H2,1-3H3/t19-/m1/s1. The van der Waals surface area contributed by atoms with E-state index < -0.39 is 16.6 Å². The zero-order chi connectivity index (χ0) is 22.3. The van der Waals surface area contributed by atoms with Crippen LogP contribution in [0.5, 0.6) is 0 Å². The van der Waals surface area contributed by atoms with Crippen molar-refractivity contribution in [3.05, 3.63) is 81.0 Å². The number of aldehydes is 1. The predicted molar refractivity (Wildman–Crippen MR) is 117 cm³/mol. The summed E-state index contributed by atoms with van der Waals surface area (Å²) in [6.45, 7) is 5.44. The number of allylic oxidation sites excluding steroid dienone is 1. The number of non-ortho nitro benzene ring substituents is 1. The smallest absolute Gasteiger partial charge is 0.419 e. The molecular weight excluding hydrogens is 396 g/mol. The van der Waals surface area contributed by atoms with E-state index >= 15 is 0 Å². The monoisotopic (exact) mass is 418 g/mol. The van der Waals surface area contributed by atoms with E-state index in [9.17, 15) is 19.7 Å². The minimum absolute atomic E-state index is 0.0141. The number of nitro groups is 1. The fourth-order valence-electron chi connectivity index (χ4n) is 4.03. The molecule has 0 bridgehead atoms. The second kappa shape index (κ2) is 7.50. The van der Waals surface area contributed by atoms with E-state index in [4.69, 9.17) is 4.74 Å². The third kappa shape index (κ3) is 3.74. The molecule has 1 aliphatic rings. The number of hydrogen-bond donors (Lipinski definition) is 0. The molecule has 1 atom stereocenters. The van der Waals surface area contributed by atoms with Gasteiger partial charge in [0.2, 0.25) is 0 Å². The van der Waals surface area contributed by atoms with Crippen LogP contribution in [0.4, 0.5) is 10.5 Å². The van der Waals surface area contributed by atoms with Gasteiger partial charge in [-0.2, -0.15) is 0 Å². The molecule has 0 saturated heterocycles. The number of rotatable bonds is 3. The van der Waals surface area contributed by atoms with Crippen LogP contribution < -0.4 is 0 Å². The van der Waals surface area contributed by atoms with Gasteiger partial charge in [-0.1, -0.05) is 30.3 Å². The zero-order valence-corrected chi connectivity index (χ0v) is 17.5. The lowest BCUT2D eigenvalue weighted by Crippen LogP contribution is -2.29. The quantitative estimate of drug-likeness (QED) is 0.329. The van der Waals surface area contributed by atoms with Crippen molar-refractivity contribution in [2.24, 2.45) is 0 Å². The first-order valence-electron chi connectivity index (χ1n) is 9.96. The Balaban J connectivity index is 1.86. The van der Waals surface area contributed by atoms with E-state index in [1.54, 1.807) is 22.8 Å². The van der Waals surface area contributed by atoms with Gasteiger partial charge in [-0.05, 0) is 44.9 Å². The summed E-state index contributed by atoms with van der Waals surface area (Å²) in [6, 6.07) is 13.7. The van der Waals surface area contributed by atoms with Crippen LogP contribution in [0.1, 0.15) is 43.5 Å². The molecule has 0 radical (unpaired) electrons. The summed E-state index contributed by atoms with van der Waals surface area (Å²) >= 11 is 0. The van der Waals surface area contributed by atoms with Crippen molar-refractivity contribution in [3.63, 3.8) is 0 Å². The van der Waals surface area contributed by atoms with E-state index in [0.29, 0.717) is 17.5 Å². The van der Waals surface area contributed by atoms with Crippen molar-refractivity contribution < 1.29 is 19.2 Å². The molecule has 0 saturated carbocycles. The average Bonchev–Trinajstić information content (AvgIpc) is 3.05. The molecule has 1 aromatic heterocycles. The molecule has 0 aliphatic heterocycles. The number of aromatic nitrogens is 1. The maximum absolute atomic E-state index is 13.1. The van der Waals surface area contributed by atoms with Crippen LogP contribution in [-0.2, 0) is 16.0 Å². The van der Waals surface area contributed by atoms with Gasteiger partial charge in [0.1, 0.15) is 11.9 Å². The third-order valence-electron chi connectivity index (χ3n) is 5.35. The second-order valence-corrected chi connectivity index (χ2v) is 8.56. The minimum Gasteiger partial charge on any atom is -0.443 e. The Hall–Kier alpha value is -3.74. The first-order valence-corrected chi connectivity index (χ1v) is 9.96. The molecule has 0 fully saturated rings. The summed E-state index contributed by atoms with van der Waals surface area (Å²) in [5, 5.41) is 11.9. The molecule has 0 amide bonds. The molecule has 158 valence electrons. The molecule has 0 unspecified atom stereocenters. The first kappa shape index (κ1) is 20.5. The molecule has 31 heavy (non-hydrogen) atoms. The lowest BCUT2D eigenvalue weighted by molar-refractivity contribution is -0.384. The van der Waals surface area contributed by atoms with Crippen LogP contribution in [0.2, 0.25) is 0 Å². The SMILES string of the molecule is CC(C)(C)OC(=O)n1c2c(c3ccccc31)C=C(C=O)[C@@H](c1ccc([N+](=O)[O-])cc1)C2. The summed E-state index contributed by atoms with van der Waals surface area (Å²) in [5.74, 6) is -0.323. The summed E-state index contributed by atoms with van der Waals surface area (Å²) in [7, 11) is 0. The Bertz CT molecular complexity index is 1230. The number of para-hydroxylation sites is 1. The number of carbonyl (C=O) groups excluding carboxylic acids is 2. The highest BCUT2D eigenvalue weighted by Crippen LogP contribution is 2.40. The summed E-state index contributed by atoms with van der Waals surface area (Å²) in [6.07, 6.45) is 2.54. The number of fused-ring (bicyclic) bond motifs is 3. The van der Waals surface area contributed by atoms with E-state index in [2.05, 4.69) is 0 Å². The number of nitro benzene ring substituents is 1. The van der Waals surface area contributed by atoms with Gasteiger partial charge >= 0.3 is 6.09 Å². The lowest BCUT2D eigenvalue weighted by atomic mass is 9.82. The Labute approximate surface area is 179 Å². The van der Waals surface area contributed by atoms with Crippen molar-refractivity contribution in [1.29, 1.82) is 0 Å². The van der Waals surface area contributed by atoms with Gasteiger partial charge in [0.25, 0.3) is 5.69 Å². The second-order valence-electron chi connectivity index (χ2n) is 8.56. The minimum atomic E-state index is -0.661. The number of benzene rings is 2. The maximum atomic E-state index is 13.1. The van der Waals surface area contributed by atoms with E-state index in [1.165, 1.54) is 12.1 Å². The van der Waals surface area contributed by atoms with Gasteiger partial charge in [0, 0.05) is 40.3 Å². The molecular formula is C24H22N2O5. The first-order chi connectivity index (χ1) is 14.7. The molecule has 7 heteroatoms. The molecule has 1 heterocycles. The van der Waals surface area contributed by atoms with Crippen molar-refractivity contribution in [2.45, 2.75) is 38.7 Å². The van der Waals surface area contributed by atoms with Gasteiger partial charge in [0.15, 0.2) is 0 Å². The highest BCUT2D eigenvalue weighted by molar-refractivity contribution is 6.01. The van der Waals surface area contributed by atoms with Gasteiger partial charge in [-0.25, -0.2) is 9.36 Å². The topological polar surface area (TPSA) is 91.4 Å². The van der Waals surface area contributed by atoms with Crippen LogP contribution in [0.25, 0.3) is 17.0 Å². The molecule has 0 spiro atoms. The number of nitrogens with zero attached hydrogens (tertiary/aromatic N) is 2. The summed E-state index contributed by atoms with van der Waals surface area (Å²) < 4.78 is 7.23. The average molecular weight is 418 g/mol. The highest BCUT2D eigenvalue weighted by Gasteiger charge is 2.31. The number of carbonyl (C=O) groups is 2. The van der Waals surface area contributed by atoms with Crippen molar-refractivity contribution in [2.75, 3.05) is 0 Å². The Kier molecular flexibility index (Phi) is 4.97. The van der Waals surface area contributed by atoms with Gasteiger partial charge < -0.3 is 4.74 Å². The maximum Gasteiger partial charge on any atom is 0.419 e. The molecule has 0 N–H and O–H groups in total. The molecule has 7 nitrogen and oxygen atoms in total. The number of hydrogen-bond acceptors (Lipinski definition) is 5. The van der Waals surface area contributed by atoms with Gasteiger partial charge in [-0.15, -0.1) is 0 Å².